The van der Waals surface area contributed by atoms with Crippen LogP contribution >= 0.6 is 0 Å². The van der Waals surface area contributed by atoms with E-state index < -0.39 is 67.4 Å². The van der Waals surface area contributed by atoms with Crippen LogP contribution in [0.1, 0.15) is 12.0 Å². The van der Waals surface area contributed by atoms with Gasteiger partial charge in [0.15, 0.2) is 0 Å². The third kappa shape index (κ3) is 8.67. The minimum Gasteiger partial charge on any atom is -0.481 e. The maximum atomic E-state index is 12.3. The molecule has 12 heteroatoms. The van der Waals surface area contributed by atoms with Gasteiger partial charge < -0.3 is 37.0 Å². The molecule has 0 fully saturated rings. The van der Waals surface area contributed by atoms with Gasteiger partial charge in [0.2, 0.25) is 17.7 Å². The number of carboxylic acid groups (broad SMARTS) is 2. The van der Waals surface area contributed by atoms with Gasteiger partial charge in [-0.05, 0) is 12.0 Å². The van der Waals surface area contributed by atoms with Crippen molar-refractivity contribution < 1.29 is 39.3 Å². The summed E-state index contributed by atoms with van der Waals surface area (Å²) in [5.41, 5.74) is 6.59. The topological polar surface area (TPSA) is 208 Å². The van der Waals surface area contributed by atoms with Crippen LogP contribution in [0.25, 0.3) is 0 Å². The van der Waals surface area contributed by atoms with E-state index in [0.717, 1.165) is 5.56 Å². The van der Waals surface area contributed by atoms with E-state index in [1.807, 2.05) is 5.32 Å². The average Bonchev–Trinajstić information content (AvgIpc) is 2.69. The monoisotopic (exact) mass is 424 g/mol. The van der Waals surface area contributed by atoms with Gasteiger partial charge in [0.1, 0.15) is 18.6 Å². The highest BCUT2D eigenvalue weighted by atomic mass is 16.4. The second-order valence-corrected chi connectivity index (χ2v) is 6.31. The number of aliphatic hydroxyl groups excluding tert-OH is 1. The summed E-state index contributed by atoms with van der Waals surface area (Å²) in [4.78, 5) is 57.9. The number of amides is 3. The summed E-state index contributed by atoms with van der Waals surface area (Å²) >= 11 is 0. The number of carboxylic acids is 2. The van der Waals surface area contributed by atoms with E-state index in [1.54, 1.807) is 30.3 Å². The normalized spacial score (nSPS) is 13.4. The van der Waals surface area contributed by atoms with Crippen LogP contribution in [-0.4, -0.2) is 76.3 Å². The Morgan fingerprint density at radius 1 is 0.867 bits per heavy atom. The van der Waals surface area contributed by atoms with Gasteiger partial charge in [-0.25, -0.2) is 0 Å². The third-order valence-corrected chi connectivity index (χ3v) is 3.88. The molecular weight excluding hydrogens is 400 g/mol. The third-order valence-electron chi connectivity index (χ3n) is 3.88. The molecular formula is C18H24N4O8. The molecule has 30 heavy (non-hydrogen) atoms. The van der Waals surface area contributed by atoms with Gasteiger partial charge in [-0.1, -0.05) is 30.3 Å². The lowest BCUT2D eigenvalue weighted by atomic mass is 10.1. The summed E-state index contributed by atoms with van der Waals surface area (Å²) in [7, 11) is 0. The van der Waals surface area contributed by atoms with Crippen LogP contribution in [0.3, 0.4) is 0 Å². The molecule has 0 saturated heterocycles. The molecule has 0 aromatic heterocycles. The van der Waals surface area contributed by atoms with E-state index in [-0.39, 0.29) is 6.42 Å². The number of hydrogen-bond acceptors (Lipinski definition) is 7. The second kappa shape index (κ2) is 12.1. The van der Waals surface area contributed by atoms with Crippen molar-refractivity contribution in [3.8, 4) is 0 Å². The molecule has 8 N–H and O–H groups in total. The summed E-state index contributed by atoms with van der Waals surface area (Å²) in [5.74, 6) is -5.61. The molecule has 0 aliphatic carbocycles. The fraction of sp³-hybridized carbons (Fsp3) is 0.389. The van der Waals surface area contributed by atoms with E-state index >= 15 is 0 Å². The lowest BCUT2D eigenvalue weighted by molar-refractivity contribution is -0.141. The highest BCUT2D eigenvalue weighted by Crippen LogP contribution is 2.02. The van der Waals surface area contributed by atoms with Gasteiger partial charge >= 0.3 is 11.9 Å². The van der Waals surface area contributed by atoms with Crippen LogP contribution in [0.5, 0.6) is 0 Å². The lowest BCUT2D eigenvalue weighted by Gasteiger charge is -2.22. The van der Waals surface area contributed by atoms with Gasteiger partial charge in [-0.2, -0.15) is 0 Å². The number of nitrogens with one attached hydrogen (secondary N) is 3. The van der Waals surface area contributed by atoms with Crippen molar-refractivity contribution in [2.24, 2.45) is 5.73 Å². The predicted octanol–water partition coefficient (Wildman–Crippen LogP) is -2.81. The number of rotatable bonds is 12. The van der Waals surface area contributed by atoms with Crippen molar-refractivity contribution in [1.29, 1.82) is 0 Å². The van der Waals surface area contributed by atoms with Crippen LogP contribution in [0.4, 0.5) is 0 Å². The number of benzene rings is 1. The largest absolute Gasteiger partial charge is 0.481 e. The standard InChI is InChI=1S/C18H24N4O8/c19-11(6-10-4-2-1-3-5-10)16(28)22-13(9-23)18(30)21-12(7-14(24)25)17(29)20-8-15(26)27/h1-5,11-13,23H,6-9,19H2,(H,20,29)(H,21,30)(H,22,28)(H,24,25)(H,26,27). The number of carbonyl (C=O) groups is 5. The summed E-state index contributed by atoms with van der Waals surface area (Å²) in [6.45, 7) is -1.62. The number of aliphatic carboxylic acids is 2. The van der Waals surface area contributed by atoms with Crippen molar-refractivity contribution >= 4 is 29.7 Å². The molecule has 0 heterocycles. The first-order valence-corrected chi connectivity index (χ1v) is 8.86. The predicted molar refractivity (Wildman–Crippen MR) is 102 cm³/mol. The zero-order valence-electron chi connectivity index (χ0n) is 15.9. The quantitative estimate of drug-likeness (QED) is 0.184. The zero-order chi connectivity index (χ0) is 22.7. The van der Waals surface area contributed by atoms with Gasteiger partial charge in [-0.3, -0.25) is 24.0 Å². The highest BCUT2D eigenvalue weighted by Gasteiger charge is 2.29. The fourth-order valence-electron chi connectivity index (χ4n) is 2.38. The molecule has 1 rings (SSSR count). The minimum atomic E-state index is -1.61. The molecule has 1 aromatic carbocycles. The number of nitrogens with two attached hydrogens (primary N) is 1. The van der Waals surface area contributed by atoms with E-state index in [0.29, 0.717) is 0 Å². The summed E-state index contributed by atoms with van der Waals surface area (Å²) < 4.78 is 0. The van der Waals surface area contributed by atoms with Crippen LogP contribution in [0, 0.1) is 0 Å². The minimum absolute atomic E-state index is 0.172. The van der Waals surface area contributed by atoms with Crippen molar-refractivity contribution in [2.45, 2.75) is 31.0 Å². The van der Waals surface area contributed by atoms with Crippen molar-refractivity contribution in [3.63, 3.8) is 0 Å². The maximum absolute atomic E-state index is 12.3. The lowest BCUT2D eigenvalue weighted by Crippen LogP contribution is -2.57. The van der Waals surface area contributed by atoms with E-state index in [9.17, 15) is 29.1 Å². The number of aliphatic hydroxyl groups is 1. The summed E-state index contributed by atoms with van der Waals surface area (Å²) in [6, 6.07) is 4.71. The molecule has 0 aliphatic rings. The molecule has 3 atom stereocenters. The van der Waals surface area contributed by atoms with E-state index in [2.05, 4.69) is 10.6 Å². The highest BCUT2D eigenvalue weighted by molar-refractivity contribution is 5.95. The van der Waals surface area contributed by atoms with Gasteiger partial charge in [0.25, 0.3) is 0 Å². The summed E-state index contributed by atoms with van der Waals surface area (Å²) in [6.07, 6.45) is -0.664. The van der Waals surface area contributed by atoms with Crippen LogP contribution in [-0.2, 0) is 30.4 Å². The summed E-state index contributed by atoms with van der Waals surface area (Å²) in [5, 5.41) is 33.2. The van der Waals surface area contributed by atoms with Crippen molar-refractivity contribution in [3.05, 3.63) is 35.9 Å². The Kier molecular flexibility index (Phi) is 9.92. The van der Waals surface area contributed by atoms with Gasteiger partial charge in [0, 0.05) is 0 Å². The molecule has 0 bridgehead atoms. The van der Waals surface area contributed by atoms with E-state index in [4.69, 9.17) is 15.9 Å². The fourth-order valence-corrected chi connectivity index (χ4v) is 2.38. The number of carbonyl (C=O) groups excluding carboxylic acids is 3. The van der Waals surface area contributed by atoms with Crippen LogP contribution in [0.2, 0.25) is 0 Å². The van der Waals surface area contributed by atoms with Crippen molar-refractivity contribution in [1.82, 2.24) is 16.0 Å². The van der Waals surface area contributed by atoms with Gasteiger partial charge in [-0.15, -0.1) is 0 Å². The van der Waals surface area contributed by atoms with E-state index in [1.165, 1.54) is 0 Å². The molecule has 12 nitrogen and oxygen atoms in total. The second-order valence-electron chi connectivity index (χ2n) is 6.31. The first-order valence-electron chi connectivity index (χ1n) is 8.86. The molecule has 164 valence electrons. The Morgan fingerprint density at radius 3 is 2.00 bits per heavy atom. The Hall–Kier alpha value is -3.51. The zero-order valence-corrected chi connectivity index (χ0v) is 15.9. The molecule has 0 aliphatic heterocycles. The molecule has 0 radical (unpaired) electrons. The first kappa shape index (κ1) is 24.5. The van der Waals surface area contributed by atoms with Gasteiger partial charge in [0.05, 0.1) is 19.1 Å². The molecule has 0 saturated carbocycles. The Balaban J connectivity index is 2.73. The number of hydrogen-bond donors (Lipinski definition) is 7. The first-order chi connectivity index (χ1) is 14.1. The SMILES string of the molecule is NC(Cc1ccccc1)C(=O)NC(CO)C(=O)NC(CC(=O)O)C(=O)NCC(=O)O. The van der Waals surface area contributed by atoms with Crippen LogP contribution in [0.15, 0.2) is 30.3 Å². The Labute approximate surface area is 171 Å². The van der Waals surface area contributed by atoms with Crippen LogP contribution < -0.4 is 21.7 Å². The molecule has 3 unspecified atom stereocenters. The smallest absolute Gasteiger partial charge is 0.322 e. The molecule has 1 aromatic rings. The molecule has 3 amide bonds. The maximum Gasteiger partial charge on any atom is 0.322 e. The average molecular weight is 424 g/mol. The molecule has 0 spiro atoms. The Morgan fingerprint density at radius 2 is 1.47 bits per heavy atom. The van der Waals surface area contributed by atoms with Crippen molar-refractivity contribution in [2.75, 3.05) is 13.2 Å². The Bertz CT molecular complexity index is 771.